The predicted molar refractivity (Wildman–Crippen MR) is 77.4 cm³/mol. The number of nitrogens with zero attached hydrogens (tertiary/aromatic N) is 2. The lowest BCUT2D eigenvalue weighted by Gasteiger charge is -2.12. The summed E-state index contributed by atoms with van der Waals surface area (Å²) in [7, 11) is 0. The lowest BCUT2D eigenvalue weighted by molar-refractivity contribution is 0.575. The topological polar surface area (TPSA) is 46.9 Å². The van der Waals surface area contributed by atoms with E-state index in [0.29, 0.717) is 12.4 Å². The van der Waals surface area contributed by atoms with Crippen LogP contribution in [0.2, 0.25) is 0 Å². The average molecular weight is 257 g/mol. The number of nitrogens with one attached hydrogen (secondary N) is 1. The number of hydrogen-bond acceptors (Lipinski definition) is 3. The third kappa shape index (κ3) is 3.02. The number of benzene rings is 1. The molecule has 1 heterocycles. The maximum atomic E-state index is 12.2. The highest BCUT2D eigenvalue weighted by atomic mass is 16.1. The van der Waals surface area contributed by atoms with Gasteiger partial charge in [-0.2, -0.15) is 0 Å². The summed E-state index contributed by atoms with van der Waals surface area (Å²) < 4.78 is 1.67. The molecule has 0 saturated carbocycles. The van der Waals surface area contributed by atoms with Gasteiger partial charge < -0.3 is 9.88 Å². The van der Waals surface area contributed by atoms with Gasteiger partial charge in [0.25, 0.3) is 5.56 Å². The second kappa shape index (κ2) is 5.69. The molecule has 2 rings (SSSR count). The summed E-state index contributed by atoms with van der Waals surface area (Å²) in [6.45, 7) is 6.62. The van der Waals surface area contributed by atoms with Crippen molar-refractivity contribution in [3.8, 4) is 0 Å². The van der Waals surface area contributed by atoms with Crippen LogP contribution in [0.25, 0.3) is 0 Å². The smallest absolute Gasteiger partial charge is 0.293 e. The van der Waals surface area contributed by atoms with Gasteiger partial charge in [0.1, 0.15) is 0 Å². The Bertz CT molecular complexity index is 617. The van der Waals surface area contributed by atoms with Gasteiger partial charge in [0, 0.05) is 25.0 Å². The van der Waals surface area contributed by atoms with E-state index in [9.17, 15) is 4.79 Å². The van der Waals surface area contributed by atoms with Crippen LogP contribution in [0, 0.1) is 6.92 Å². The molecule has 0 atom stereocenters. The molecule has 0 fully saturated rings. The van der Waals surface area contributed by atoms with E-state index in [-0.39, 0.29) is 11.6 Å². The summed E-state index contributed by atoms with van der Waals surface area (Å²) in [5.41, 5.74) is 2.30. The van der Waals surface area contributed by atoms with Gasteiger partial charge in [-0.25, -0.2) is 4.98 Å². The fourth-order valence-corrected chi connectivity index (χ4v) is 1.94. The first-order chi connectivity index (χ1) is 9.09. The van der Waals surface area contributed by atoms with E-state index in [0.717, 1.165) is 0 Å². The summed E-state index contributed by atoms with van der Waals surface area (Å²) in [6.07, 6.45) is 3.37. The van der Waals surface area contributed by atoms with E-state index in [1.165, 1.54) is 11.1 Å². The molecule has 4 heteroatoms. The quantitative estimate of drug-likeness (QED) is 0.916. The Morgan fingerprint density at radius 3 is 2.74 bits per heavy atom. The van der Waals surface area contributed by atoms with E-state index in [4.69, 9.17) is 0 Å². The molecule has 0 amide bonds. The fourth-order valence-electron chi connectivity index (χ4n) is 1.94. The Hall–Kier alpha value is -2.10. The van der Waals surface area contributed by atoms with Gasteiger partial charge in [0.05, 0.1) is 0 Å². The van der Waals surface area contributed by atoms with E-state index in [1.807, 2.05) is 32.0 Å². The lowest BCUT2D eigenvalue weighted by Crippen LogP contribution is -2.25. The zero-order valence-corrected chi connectivity index (χ0v) is 11.6. The first kappa shape index (κ1) is 13.3. The molecule has 100 valence electrons. The molecule has 0 bridgehead atoms. The summed E-state index contributed by atoms with van der Waals surface area (Å²) in [5, 5.41) is 3.12. The van der Waals surface area contributed by atoms with Crippen LogP contribution in [0.4, 0.5) is 5.82 Å². The van der Waals surface area contributed by atoms with Crippen LogP contribution in [-0.4, -0.2) is 9.55 Å². The zero-order valence-electron chi connectivity index (χ0n) is 11.6. The molecule has 0 aliphatic heterocycles. The SMILES string of the molecule is Cc1ccccc1CNc1nccn(C(C)C)c1=O. The number of anilines is 1. The van der Waals surface area contributed by atoms with Gasteiger partial charge in [-0.05, 0) is 31.9 Å². The van der Waals surface area contributed by atoms with Crippen molar-refractivity contribution in [2.24, 2.45) is 0 Å². The molecular weight excluding hydrogens is 238 g/mol. The molecular formula is C15H19N3O. The average Bonchev–Trinajstić information content (AvgIpc) is 2.39. The molecule has 0 saturated heterocycles. The Balaban J connectivity index is 2.19. The number of aromatic nitrogens is 2. The molecule has 4 nitrogen and oxygen atoms in total. The van der Waals surface area contributed by atoms with Gasteiger partial charge >= 0.3 is 0 Å². The van der Waals surface area contributed by atoms with Crippen molar-refractivity contribution in [3.63, 3.8) is 0 Å². The first-order valence-corrected chi connectivity index (χ1v) is 6.45. The Morgan fingerprint density at radius 1 is 1.32 bits per heavy atom. The molecule has 1 aromatic heterocycles. The Kier molecular flexibility index (Phi) is 4.00. The van der Waals surface area contributed by atoms with Crippen molar-refractivity contribution in [3.05, 3.63) is 58.1 Å². The van der Waals surface area contributed by atoms with Crippen LogP contribution in [0.5, 0.6) is 0 Å². The summed E-state index contributed by atoms with van der Waals surface area (Å²) in [5.74, 6) is 0.402. The van der Waals surface area contributed by atoms with Gasteiger partial charge in [-0.1, -0.05) is 24.3 Å². The number of hydrogen-bond donors (Lipinski definition) is 1. The minimum absolute atomic E-state index is 0.0777. The monoisotopic (exact) mass is 257 g/mol. The zero-order chi connectivity index (χ0) is 13.8. The van der Waals surface area contributed by atoms with Gasteiger partial charge in [0.15, 0.2) is 5.82 Å². The third-order valence-electron chi connectivity index (χ3n) is 3.13. The van der Waals surface area contributed by atoms with E-state index < -0.39 is 0 Å². The summed E-state index contributed by atoms with van der Waals surface area (Å²) >= 11 is 0. The van der Waals surface area contributed by atoms with Crippen molar-refractivity contribution in [1.29, 1.82) is 0 Å². The molecule has 0 radical (unpaired) electrons. The van der Waals surface area contributed by atoms with Crippen LogP contribution in [0.1, 0.15) is 31.0 Å². The highest BCUT2D eigenvalue weighted by molar-refractivity contribution is 5.35. The van der Waals surface area contributed by atoms with Crippen LogP contribution in [0.3, 0.4) is 0 Å². The lowest BCUT2D eigenvalue weighted by atomic mass is 10.1. The van der Waals surface area contributed by atoms with Crippen LogP contribution in [0.15, 0.2) is 41.5 Å². The molecule has 0 unspecified atom stereocenters. The number of aryl methyl sites for hydroxylation is 1. The van der Waals surface area contributed by atoms with Crippen molar-refractivity contribution in [1.82, 2.24) is 9.55 Å². The highest BCUT2D eigenvalue weighted by Gasteiger charge is 2.07. The third-order valence-corrected chi connectivity index (χ3v) is 3.13. The first-order valence-electron chi connectivity index (χ1n) is 6.45. The fraction of sp³-hybridized carbons (Fsp3) is 0.333. The Labute approximate surface area is 113 Å². The number of rotatable bonds is 4. The predicted octanol–water partition coefficient (Wildman–Crippen LogP) is 2.74. The maximum absolute atomic E-state index is 12.2. The van der Waals surface area contributed by atoms with Crippen molar-refractivity contribution >= 4 is 5.82 Å². The van der Waals surface area contributed by atoms with E-state index >= 15 is 0 Å². The normalized spacial score (nSPS) is 10.7. The molecule has 0 aliphatic carbocycles. The van der Waals surface area contributed by atoms with Crippen molar-refractivity contribution in [2.45, 2.75) is 33.4 Å². The van der Waals surface area contributed by atoms with Crippen molar-refractivity contribution < 1.29 is 0 Å². The summed E-state index contributed by atoms with van der Waals surface area (Å²) in [4.78, 5) is 16.3. The molecule has 2 aromatic rings. The Morgan fingerprint density at radius 2 is 2.05 bits per heavy atom. The minimum Gasteiger partial charge on any atom is -0.361 e. The molecule has 19 heavy (non-hydrogen) atoms. The van der Waals surface area contributed by atoms with Crippen LogP contribution >= 0.6 is 0 Å². The van der Waals surface area contributed by atoms with Gasteiger partial charge in [-0.15, -0.1) is 0 Å². The maximum Gasteiger partial charge on any atom is 0.293 e. The van der Waals surface area contributed by atoms with Gasteiger partial charge in [0.2, 0.25) is 0 Å². The van der Waals surface area contributed by atoms with E-state index in [2.05, 4.69) is 23.3 Å². The second-order valence-electron chi connectivity index (χ2n) is 4.86. The molecule has 1 aromatic carbocycles. The highest BCUT2D eigenvalue weighted by Crippen LogP contribution is 2.08. The largest absolute Gasteiger partial charge is 0.361 e. The molecule has 0 spiro atoms. The standard InChI is InChI=1S/C15H19N3O/c1-11(2)18-9-8-16-14(15(18)19)17-10-13-7-5-4-6-12(13)3/h4-9,11H,10H2,1-3H3,(H,16,17). The van der Waals surface area contributed by atoms with E-state index in [1.54, 1.807) is 17.0 Å². The molecule has 1 N–H and O–H groups in total. The van der Waals surface area contributed by atoms with Crippen LogP contribution < -0.4 is 10.9 Å². The summed E-state index contributed by atoms with van der Waals surface area (Å²) in [6, 6.07) is 8.24. The second-order valence-corrected chi connectivity index (χ2v) is 4.86. The van der Waals surface area contributed by atoms with Gasteiger partial charge in [-0.3, -0.25) is 4.79 Å². The van der Waals surface area contributed by atoms with Crippen LogP contribution in [-0.2, 0) is 6.54 Å². The minimum atomic E-state index is -0.0777. The van der Waals surface area contributed by atoms with Crippen molar-refractivity contribution in [2.75, 3.05) is 5.32 Å². The molecule has 0 aliphatic rings.